The Hall–Kier alpha value is -3.66. The van der Waals surface area contributed by atoms with Gasteiger partial charge in [-0.3, -0.25) is 4.99 Å². The van der Waals surface area contributed by atoms with Gasteiger partial charge in [-0.2, -0.15) is 0 Å². The molecule has 0 saturated carbocycles. The zero-order valence-electron chi connectivity index (χ0n) is 14.8. The lowest BCUT2D eigenvalue weighted by Crippen LogP contribution is -1.79. The van der Waals surface area contributed by atoms with E-state index in [0.29, 0.717) is 22.7 Å². The monoisotopic (exact) mass is 354 g/mol. The van der Waals surface area contributed by atoms with E-state index in [2.05, 4.69) is 9.98 Å². The highest BCUT2D eigenvalue weighted by Crippen LogP contribution is 2.33. The predicted octanol–water partition coefficient (Wildman–Crippen LogP) is 5.92. The van der Waals surface area contributed by atoms with Crippen molar-refractivity contribution in [3.05, 3.63) is 83.9 Å². The summed E-state index contributed by atoms with van der Waals surface area (Å²) >= 11 is 0. The number of allylic oxidation sites excluding steroid dienone is 1. The Kier molecular flexibility index (Phi) is 4.54. The number of aliphatic imine (C=N–C) groups is 1. The molecule has 0 aliphatic rings. The van der Waals surface area contributed by atoms with Crippen molar-refractivity contribution in [1.82, 2.24) is 4.98 Å². The summed E-state index contributed by atoms with van der Waals surface area (Å²) in [6.45, 7) is 2.00. The average molecular weight is 354 g/mol. The van der Waals surface area contributed by atoms with E-state index < -0.39 is 0 Å². The van der Waals surface area contributed by atoms with Gasteiger partial charge in [0.15, 0.2) is 5.58 Å². The van der Waals surface area contributed by atoms with Crippen molar-refractivity contribution in [2.75, 3.05) is 0 Å². The van der Waals surface area contributed by atoms with Crippen LogP contribution in [0.25, 0.3) is 28.6 Å². The lowest BCUT2D eigenvalue weighted by Gasteiger charge is -2.01. The number of aryl methyl sites for hydroxylation is 1. The molecule has 132 valence electrons. The number of rotatable bonds is 4. The molecule has 1 heterocycles. The van der Waals surface area contributed by atoms with Gasteiger partial charge in [-0.05, 0) is 48.4 Å². The number of aromatic hydroxyl groups is 1. The Labute approximate surface area is 157 Å². The van der Waals surface area contributed by atoms with E-state index >= 15 is 0 Å². The van der Waals surface area contributed by atoms with E-state index in [1.54, 1.807) is 18.3 Å². The van der Waals surface area contributed by atoms with Crippen LogP contribution in [0.4, 0.5) is 5.69 Å². The lowest BCUT2D eigenvalue weighted by atomic mass is 10.2. The Morgan fingerprint density at radius 3 is 2.67 bits per heavy atom. The first-order valence-corrected chi connectivity index (χ1v) is 8.65. The molecule has 0 aliphatic heterocycles. The van der Waals surface area contributed by atoms with Crippen LogP contribution in [-0.2, 0) is 0 Å². The van der Waals surface area contributed by atoms with E-state index in [1.807, 2.05) is 73.7 Å². The summed E-state index contributed by atoms with van der Waals surface area (Å²) in [5, 5.41) is 10.4. The van der Waals surface area contributed by atoms with E-state index in [1.165, 1.54) is 0 Å². The molecule has 4 heteroatoms. The van der Waals surface area contributed by atoms with E-state index in [9.17, 15) is 5.11 Å². The molecule has 0 spiro atoms. The first kappa shape index (κ1) is 16.8. The number of fused-ring (bicyclic) bond motifs is 1. The molecule has 1 aromatic heterocycles. The first-order valence-electron chi connectivity index (χ1n) is 8.65. The van der Waals surface area contributed by atoms with E-state index in [-0.39, 0.29) is 5.75 Å². The highest BCUT2D eigenvalue weighted by Gasteiger charge is 2.12. The summed E-state index contributed by atoms with van der Waals surface area (Å²) in [6.07, 6.45) is 5.53. The van der Waals surface area contributed by atoms with Crippen LogP contribution in [0.2, 0.25) is 0 Å². The molecule has 27 heavy (non-hydrogen) atoms. The number of hydrogen-bond donors (Lipinski definition) is 1. The summed E-state index contributed by atoms with van der Waals surface area (Å²) in [6, 6.07) is 21.0. The van der Waals surface area contributed by atoms with Gasteiger partial charge in [0.05, 0.1) is 11.3 Å². The average Bonchev–Trinajstić information content (AvgIpc) is 3.09. The van der Waals surface area contributed by atoms with Gasteiger partial charge in [0.25, 0.3) is 0 Å². The molecule has 0 amide bonds. The molecule has 1 N–H and O–H groups in total. The summed E-state index contributed by atoms with van der Waals surface area (Å²) in [5.74, 6) is 0.479. The second kappa shape index (κ2) is 7.30. The highest BCUT2D eigenvalue weighted by atomic mass is 16.3. The van der Waals surface area contributed by atoms with Crippen LogP contribution >= 0.6 is 0 Å². The summed E-state index contributed by atoms with van der Waals surface area (Å²) < 4.78 is 5.76. The maximum Gasteiger partial charge on any atom is 0.231 e. The van der Waals surface area contributed by atoms with Crippen LogP contribution in [0.15, 0.2) is 82.2 Å². The molecule has 3 aromatic carbocycles. The molecule has 0 unspecified atom stereocenters. The third-order valence-electron chi connectivity index (χ3n) is 4.15. The van der Waals surface area contributed by atoms with Gasteiger partial charge in [0.2, 0.25) is 5.89 Å². The van der Waals surface area contributed by atoms with E-state index in [0.717, 1.165) is 16.6 Å². The van der Waals surface area contributed by atoms with Crippen LogP contribution < -0.4 is 0 Å². The third-order valence-corrected chi connectivity index (χ3v) is 4.15. The smallest absolute Gasteiger partial charge is 0.231 e. The molecule has 0 aliphatic carbocycles. The fourth-order valence-electron chi connectivity index (χ4n) is 2.78. The normalized spacial score (nSPS) is 11.7. The van der Waals surface area contributed by atoms with Gasteiger partial charge in [-0.25, -0.2) is 4.98 Å². The first-order chi connectivity index (χ1) is 13.2. The minimum atomic E-state index is 0.0833. The molecular weight excluding hydrogens is 336 g/mol. The fraction of sp³-hybridized carbons (Fsp3) is 0.0435. The van der Waals surface area contributed by atoms with Crippen LogP contribution in [0.3, 0.4) is 0 Å². The number of oxazole rings is 1. The molecule has 4 nitrogen and oxygen atoms in total. The Morgan fingerprint density at radius 1 is 1.00 bits per heavy atom. The molecule has 0 radical (unpaired) electrons. The van der Waals surface area contributed by atoms with Crippen molar-refractivity contribution in [2.24, 2.45) is 4.99 Å². The SMILES string of the molecule is Cc1ccc2oc(-c3ccc(N=C/C=C/c4ccccc4)cc3O)nc2c1. The van der Waals surface area contributed by atoms with Crippen molar-refractivity contribution in [3.63, 3.8) is 0 Å². The molecular formula is C23H18N2O2. The number of nitrogens with zero attached hydrogens (tertiary/aromatic N) is 2. The number of benzene rings is 3. The minimum Gasteiger partial charge on any atom is -0.507 e. The summed E-state index contributed by atoms with van der Waals surface area (Å²) in [7, 11) is 0. The molecule has 0 bridgehead atoms. The predicted molar refractivity (Wildman–Crippen MR) is 109 cm³/mol. The van der Waals surface area contributed by atoms with Crippen molar-refractivity contribution in [1.29, 1.82) is 0 Å². The lowest BCUT2D eigenvalue weighted by molar-refractivity contribution is 0.474. The fourth-order valence-corrected chi connectivity index (χ4v) is 2.78. The van der Waals surface area contributed by atoms with E-state index in [4.69, 9.17) is 4.42 Å². The van der Waals surface area contributed by atoms with Gasteiger partial charge in [-0.15, -0.1) is 0 Å². The van der Waals surface area contributed by atoms with Crippen LogP contribution in [0, 0.1) is 6.92 Å². The van der Waals surface area contributed by atoms with Crippen molar-refractivity contribution in [2.45, 2.75) is 6.92 Å². The Bertz CT molecular complexity index is 1140. The van der Waals surface area contributed by atoms with Gasteiger partial charge < -0.3 is 9.52 Å². The number of aromatic nitrogens is 1. The molecule has 0 saturated heterocycles. The number of phenols is 1. The maximum atomic E-state index is 10.4. The molecule has 0 fully saturated rings. The summed E-state index contributed by atoms with van der Waals surface area (Å²) in [4.78, 5) is 8.82. The van der Waals surface area contributed by atoms with Crippen LogP contribution in [-0.4, -0.2) is 16.3 Å². The standard InChI is InChI=1S/C23H18N2O2/c1-16-9-12-22-20(14-16)25-23(27-22)19-11-10-18(15-21(19)26)24-13-5-8-17-6-3-2-4-7-17/h2-15,26H,1H3/b8-5+,24-13?. The van der Waals surface area contributed by atoms with Gasteiger partial charge in [0, 0.05) is 12.3 Å². The van der Waals surface area contributed by atoms with Crippen molar-refractivity contribution >= 4 is 29.1 Å². The van der Waals surface area contributed by atoms with Gasteiger partial charge in [-0.1, -0.05) is 42.5 Å². The van der Waals surface area contributed by atoms with Crippen molar-refractivity contribution in [3.8, 4) is 17.2 Å². The molecule has 4 rings (SSSR count). The van der Waals surface area contributed by atoms with Gasteiger partial charge in [0.1, 0.15) is 11.3 Å². The third kappa shape index (κ3) is 3.80. The number of phenolic OH excluding ortho intramolecular Hbond substituents is 1. The summed E-state index contributed by atoms with van der Waals surface area (Å²) in [5.41, 5.74) is 4.89. The zero-order valence-corrected chi connectivity index (χ0v) is 14.8. The second-order valence-electron chi connectivity index (χ2n) is 6.24. The quantitative estimate of drug-likeness (QED) is 0.462. The Morgan fingerprint density at radius 2 is 1.85 bits per heavy atom. The maximum absolute atomic E-state index is 10.4. The van der Waals surface area contributed by atoms with Crippen LogP contribution in [0.5, 0.6) is 5.75 Å². The van der Waals surface area contributed by atoms with Gasteiger partial charge >= 0.3 is 0 Å². The second-order valence-corrected chi connectivity index (χ2v) is 6.24. The minimum absolute atomic E-state index is 0.0833. The zero-order chi connectivity index (χ0) is 18.6. The largest absolute Gasteiger partial charge is 0.507 e. The topological polar surface area (TPSA) is 58.6 Å². The van der Waals surface area contributed by atoms with Crippen LogP contribution in [0.1, 0.15) is 11.1 Å². The van der Waals surface area contributed by atoms with Crippen molar-refractivity contribution < 1.29 is 9.52 Å². The number of hydrogen-bond acceptors (Lipinski definition) is 4. The Balaban J connectivity index is 1.55. The highest BCUT2D eigenvalue weighted by molar-refractivity contribution is 5.82. The molecule has 4 aromatic rings. The molecule has 0 atom stereocenters.